The van der Waals surface area contributed by atoms with Crippen LogP contribution in [0.15, 0.2) is 0 Å². The standard InChI is InChI=1S/C18H36O2/c1-5-7-8-9-10-11-12-13-14-15-17(6-2)18(19)20-16(3)4/h16-17H,5-15H2,1-4H3. The molecule has 120 valence electrons. The molecule has 0 spiro atoms. The van der Waals surface area contributed by atoms with Gasteiger partial charge in [0.25, 0.3) is 0 Å². The number of carbonyl (C=O) groups is 1. The highest BCUT2D eigenvalue weighted by Gasteiger charge is 2.18. The monoisotopic (exact) mass is 284 g/mol. The molecule has 2 nitrogen and oxygen atoms in total. The number of esters is 1. The van der Waals surface area contributed by atoms with Gasteiger partial charge in [0.05, 0.1) is 12.0 Å². The van der Waals surface area contributed by atoms with Crippen LogP contribution >= 0.6 is 0 Å². The van der Waals surface area contributed by atoms with Gasteiger partial charge in [-0.05, 0) is 26.7 Å². The zero-order valence-corrected chi connectivity index (χ0v) is 14.2. The summed E-state index contributed by atoms with van der Waals surface area (Å²) in [4.78, 5) is 11.8. The van der Waals surface area contributed by atoms with Crippen molar-refractivity contribution in [2.75, 3.05) is 0 Å². The molecule has 0 bridgehead atoms. The van der Waals surface area contributed by atoms with Crippen molar-refractivity contribution in [3.63, 3.8) is 0 Å². The first kappa shape index (κ1) is 19.5. The molecule has 0 saturated carbocycles. The summed E-state index contributed by atoms with van der Waals surface area (Å²) in [5.41, 5.74) is 0. The van der Waals surface area contributed by atoms with E-state index in [4.69, 9.17) is 4.74 Å². The number of hydrogen-bond acceptors (Lipinski definition) is 2. The van der Waals surface area contributed by atoms with Crippen LogP contribution in [0.1, 0.15) is 98.3 Å². The lowest BCUT2D eigenvalue weighted by molar-refractivity contribution is -0.152. The molecule has 0 aliphatic carbocycles. The van der Waals surface area contributed by atoms with E-state index in [-0.39, 0.29) is 18.0 Å². The molecule has 0 aliphatic rings. The molecule has 0 amide bonds. The summed E-state index contributed by atoms with van der Waals surface area (Å²) in [7, 11) is 0. The molecule has 0 aromatic rings. The second-order valence-electron chi connectivity index (χ2n) is 6.21. The van der Waals surface area contributed by atoms with E-state index in [1.165, 1.54) is 57.8 Å². The topological polar surface area (TPSA) is 26.3 Å². The third-order valence-corrected chi connectivity index (χ3v) is 3.83. The van der Waals surface area contributed by atoms with Crippen molar-refractivity contribution in [3.8, 4) is 0 Å². The molecule has 20 heavy (non-hydrogen) atoms. The van der Waals surface area contributed by atoms with Crippen LogP contribution in [0.4, 0.5) is 0 Å². The summed E-state index contributed by atoms with van der Waals surface area (Å²) in [6, 6.07) is 0. The van der Waals surface area contributed by atoms with Crippen molar-refractivity contribution in [1.82, 2.24) is 0 Å². The van der Waals surface area contributed by atoms with Gasteiger partial charge in [0.2, 0.25) is 0 Å². The van der Waals surface area contributed by atoms with Crippen LogP contribution in [0.5, 0.6) is 0 Å². The van der Waals surface area contributed by atoms with Crippen LogP contribution in [0.2, 0.25) is 0 Å². The average Bonchev–Trinajstić information content (AvgIpc) is 2.40. The minimum Gasteiger partial charge on any atom is -0.463 e. The van der Waals surface area contributed by atoms with Crippen molar-refractivity contribution < 1.29 is 9.53 Å². The zero-order chi connectivity index (χ0) is 15.2. The average molecular weight is 284 g/mol. The minimum atomic E-state index is 0.00191. The molecular formula is C18H36O2. The first-order valence-corrected chi connectivity index (χ1v) is 8.82. The Morgan fingerprint density at radius 2 is 1.35 bits per heavy atom. The van der Waals surface area contributed by atoms with E-state index >= 15 is 0 Å². The van der Waals surface area contributed by atoms with Crippen molar-refractivity contribution >= 4 is 5.97 Å². The molecular weight excluding hydrogens is 248 g/mol. The van der Waals surface area contributed by atoms with E-state index in [9.17, 15) is 4.79 Å². The molecule has 0 aromatic heterocycles. The smallest absolute Gasteiger partial charge is 0.309 e. The predicted octanol–water partition coefficient (Wildman–Crippen LogP) is 5.89. The van der Waals surface area contributed by atoms with Crippen LogP contribution < -0.4 is 0 Å². The number of ether oxygens (including phenoxy) is 1. The highest BCUT2D eigenvalue weighted by atomic mass is 16.5. The van der Waals surface area contributed by atoms with Gasteiger partial charge in [-0.15, -0.1) is 0 Å². The van der Waals surface area contributed by atoms with Crippen LogP contribution in [-0.4, -0.2) is 12.1 Å². The molecule has 1 unspecified atom stereocenters. The van der Waals surface area contributed by atoms with Gasteiger partial charge >= 0.3 is 5.97 Å². The molecule has 0 N–H and O–H groups in total. The lowest BCUT2D eigenvalue weighted by atomic mass is 9.97. The van der Waals surface area contributed by atoms with Gasteiger partial charge in [0.1, 0.15) is 0 Å². The molecule has 0 aliphatic heterocycles. The Kier molecular flexibility index (Phi) is 13.1. The Bertz CT molecular complexity index is 223. The summed E-state index contributed by atoms with van der Waals surface area (Å²) in [5.74, 6) is 0.115. The molecule has 0 radical (unpaired) electrons. The maximum Gasteiger partial charge on any atom is 0.309 e. The highest BCUT2D eigenvalue weighted by molar-refractivity contribution is 5.72. The maximum atomic E-state index is 11.8. The summed E-state index contributed by atoms with van der Waals surface area (Å²) < 4.78 is 5.30. The summed E-state index contributed by atoms with van der Waals surface area (Å²) in [6.07, 6.45) is 13.9. The Morgan fingerprint density at radius 1 is 0.850 bits per heavy atom. The first-order valence-electron chi connectivity index (χ1n) is 8.82. The van der Waals surface area contributed by atoms with Crippen molar-refractivity contribution in [2.24, 2.45) is 5.92 Å². The van der Waals surface area contributed by atoms with Gasteiger partial charge in [-0.1, -0.05) is 71.6 Å². The summed E-state index contributed by atoms with van der Waals surface area (Å²) >= 11 is 0. The first-order chi connectivity index (χ1) is 9.61. The van der Waals surface area contributed by atoms with Crippen LogP contribution in [0.3, 0.4) is 0 Å². The summed E-state index contributed by atoms with van der Waals surface area (Å²) in [6.45, 7) is 8.18. The molecule has 0 fully saturated rings. The van der Waals surface area contributed by atoms with Crippen LogP contribution in [0, 0.1) is 5.92 Å². The number of rotatable bonds is 13. The fraction of sp³-hybridized carbons (Fsp3) is 0.944. The Labute approximate surface area is 126 Å². The predicted molar refractivity (Wildman–Crippen MR) is 86.9 cm³/mol. The highest BCUT2D eigenvalue weighted by Crippen LogP contribution is 2.17. The fourth-order valence-corrected chi connectivity index (χ4v) is 2.52. The van der Waals surface area contributed by atoms with E-state index in [2.05, 4.69) is 13.8 Å². The maximum absolute atomic E-state index is 11.8. The van der Waals surface area contributed by atoms with Gasteiger partial charge in [0, 0.05) is 0 Å². The van der Waals surface area contributed by atoms with Gasteiger partial charge < -0.3 is 4.74 Å². The molecule has 2 heteroatoms. The van der Waals surface area contributed by atoms with Crippen molar-refractivity contribution in [3.05, 3.63) is 0 Å². The summed E-state index contributed by atoms with van der Waals surface area (Å²) in [5, 5.41) is 0. The number of carbonyl (C=O) groups excluding carboxylic acids is 1. The zero-order valence-electron chi connectivity index (χ0n) is 14.2. The normalized spacial score (nSPS) is 12.7. The molecule has 1 atom stereocenters. The third-order valence-electron chi connectivity index (χ3n) is 3.83. The molecule has 0 heterocycles. The van der Waals surface area contributed by atoms with Gasteiger partial charge in [0.15, 0.2) is 0 Å². The Hall–Kier alpha value is -0.530. The van der Waals surface area contributed by atoms with Crippen molar-refractivity contribution in [2.45, 2.75) is 104 Å². The quantitative estimate of drug-likeness (QED) is 0.311. The lowest BCUT2D eigenvalue weighted by Gasteiger charge is -2.16. The van der Waals surface area contributed by atoms with Gasteiger partial charge in [-0.2, -0.15) is 0 Å². The SMILES string of the molecule is CCCCCCCCCCCC(CC)C(=O)OC(C)C. The molecule has 0 rings (SSSR count). The van der Waals surface area contributed by atoms with E-state index in [1.807, 2.05) is 13.8 Å². The third kappa shape index (κ3) is 11.3. The van der Waals surface area contributed by atoms with E-state index in [0.29, 0.717) is 0 Å². The van der Waals surface area contributed by atoms with E-state index < -0.39 is 0 Å². The number of hydrogen-bond donors (Lipinski definition) is 0. The number of unbranched alkanes of at least 4 members (excludes halogenated alkanes) is 8. The minimum absolute atomic E-state index is 0.00191. The molecule has 0 saturated heterocycles. The molecule has 0 aromatic carbocycles. The van der Waals surface area contributed by atoms with Gasteiger partial charge in [-0.3, -0.25) is 4.79 Å². The van der Waals surface area contributed by atoms with E-state index in [1.54, 1.807) is 0 Å². The van der Waals surface area contributed by atoms with Crippen LogP contribution in [0.25, 0.3) is 0 Å². The van der Waals surface area contributed by atoms with Gasteiger partial charge in [-0.25, -0.2) is 0 Å². The van der Waals surface area contributed by atoms with Crippen LogP contribution in [-0.2, 0) is 9.53 Å². The lowest BCUT2D eigenvalue weighted by Crippen LogP contribution is -2.20. The second-order valence-corrected chi connectivity index (χ2v) is 6.21. The largest absolute Gasteiger partial charge is 0.463 e. The Balaban J connectivity index is 3.49. The van der Waals surface area contributed by atoms with Crippen molar-refractivity contribution in [1.29, 1.82) is 0 Å². The fourth-order valence-electron chi connectivity index (χ4n) is 2.52. The second kappa shape index (κ2) is 13.5. The Morgan fingerprint density at radius 3 is 1.80 bits per heavy atom. The van der Waals surface area contributed by atoms with E-state index in [0.717, 1.165) is 12.8 Å².